The minimum atomic E-state index is 0.305. The molecule has 0 aliphatic carbocycles. The van der Waals surface area contributed by atoms with Crippen LogP contribution in [-0.2, 0) is 0 Å². The normalized spacial score (nSPS) is 12.1. The summed E-state index contributed by atoms with van der Waals surface area (Å²) in [5.74, 6) is 0. The first-order chi connectivity index (χ1) is 9.47. The number of rotatable bonds is 4. The van der Waals surface area contributed by atoms with Crippen molar-refractivity contribution in [1.82, 2.24) is 0 Å². The van der Waals surface area contributed by atoms with Crippen LogP contribution in [0.25, 0.3) is 0 Å². The van der Waals surface area contributed by atoms with Crippen molar-refractivity contribution >= 4 is 11.4 Å². The predicted octanol–water partition coefficient (Wildman–Crippen LogP) is 4.54. The molecule has 1 N–H and O–H groups in total. The van der Waals surface area contributed by atoms with E-state index >= 15 is 0 Å². The Balaban J connectivity index is 2.15. The van der Waals surface area contributed by atoms with Crippen LogP contribution in [0.4, 0.5) is 11.4 Å². The Morgan fingerprint density at radius 3 is 2.15 bits per heavy atom. The third-order valence-electron chi connectivity index (χ3n) is 3.68. The van der Waals surface area contributed by atoms with Crippen LogP contribution in [0.5, 0.6) is 0 Å². The summed E-state index contributed by atoms with van der Waals surface area (Å²) in [6, 6.07) is 15.5. The second kappa shape index (κ2) is 6.00. The molecule has 2 aromatic carbocycles. The van der Waals surface area contributed by atoms with E-state index in [9.17, 15) is 0 Å². The lowest BCUT2D eigenvalue weighted by Crippen LogP contribution is -2.10. The van der Waals surface area contributed by atoms with Crippen LogP contribution in [0.1, 0.15) is 29.7 Å². The number of hydrogen-bond donors (Lipinski definition) is 1. The first kappa shape index (κ1) is 14.4. The summed E-state index contributed by atoms with van der Waals surface area (Å²) in [6.07, 6.45) is 0. The fraction of sp³-hybridized carbons (Fsp3) is 0.333. The molecule has 1 unspecified atom stereocenters. The number of hydrogen-bond acceptors (Lipinski definition) is 2. The first-order valence-electron chi connectivity index (χ1n) is 7.08. The quantitative estimate of drug-likeness (QED) is 0.875. The van der Waals surface area contributed by atoms with Crippen molar-refractivity contribution in [1.29, 1.82) is 0 Å². The summed E-state index contributed by atoms with van der Waals surface area (Å²) in [5.41, 5.74) is 6.31. The van der Waals surface area contributed by atoms with E-state index in [0.717, 1.165) is 0 Å². The van der Waals surface area contributed by atoms with Crippen molar-refractivity contribution in [3.8, 4) is 0 Å². The number of benzene rings is 2. The summed E-state index contributed by atoms with van der Waals surface area (Å²) >= 11 is 0. The monoisotopic (exact) mass is 268 g/mol. The maximum Gasteiger partial charge on any atom is 0.0485 e. The van der Waals surface area contributed by atoms with Crippen LogP contribution in [0, 0.1) is 13.8 Å². The molecule has 20 heavy (non-hydrogen) atoms. The third kappa shape index (κ3) is 3.32. The highest BCUT2D eigenvalue weighted by atomic mass is 15.1. The summed E-state index contributed by atoms with van der Waals surface area (Å²) in [6.45, 7) is 6.47. The van der Waals surface area contributed by atoms with Crippen LogP contribution in [0.2, 0.25) is 0 Å². The van der Waals surface area contributed by atoms with Crippen LogP contribution in [-0.4, -0.2) is 14.1 Å². The lowest BCUT2D eigenvalue weighted by molar-refractivity contribution is 0.881. The van der Waals surface area contributed by atoms with Gasteiger partial charge in [0.2, 0.25) is 0 Å². The Morgan fingerprint density at radius 2 is 1.60 bits per heavy atom. The van der Waals surface area contributed by atoms with Crippen LogP contribution < -0.4 is 10.2 Å². The molecular weight excluding hydrogens is 244 g/mol. The van der Waals surface area contributed by atoms with Crippen molar-refractivity contribution in [2.75, 3.05) is 24.3 Å². The van der Waals surface area contributed by atoms with Crippen molar-refractivity contribution in [2.45, 2.75) is 26.8 Å². The summed E-state index contributed by atoms with van der Waals surface area (Å²) < 4.78 is 0. The molecular formula is C18H24N2. The minimum Gasteiger partial charge on any atom is -0.378 e. The van der Waals surface area contributed by atoms with E-state index < -0.39 is 0 Å². The summed E-state index contributed by atoms with van der Waals surface area (Å²) in [5, 5.41) is 3.59. The fourth-order valence-electron chi connectivity index (χ4n) is 2.26. The van der Waals surface area contributed by atoms with Crippen molar-refractivity contribution < 1.29 is 0 Å². The van der Waals surface area contributed by atoms with Crippen molar-refractivity contribution in [2.24, 2.45) is 0 Å². The molecule has 106 valence electrons. The minimum absolute atomic E-state index is 0.305. The van der Waals surface area contributed by atoms with Gasteiger partial charge < -0.3 is 10.2 Å². The van der Waals surface area contributed by atoms with Crippen LogP contribution >= 0.6 is 0 Å². The van der Waals surface area contributed by atoms with Gasteiger partial charge in [-0.05, 0) is 50.1 Å². The molecule has 0 spiro atoms. The SMILES string of the molecule is Cc1ccc(C(C)Nc2ccc(N(C)C)cc2C)cc1. The van der Waals surface area contributed by atoms with Gasteiger partial charge in [0, 0.05) is 31.5 Å². The molecule has 0 fully saturated rings. The van der Waals surface area contributed by atoms with Gasteiger partial charge in [0.25, 0.3) is 0 Å². The molecule has 2 rings (SSSR count). The Hall–Kier alpha value is -1.96. The molecule has 2 nitrogen and oxygen atoms in total. The molecule has 0 aliphatic rings. The molecule has 0 saturated carbocycles. The van der Waals surface area contributed by atoms with E-state index in [0.29, 0.717) is 6.04 Å². The van der Waals surface area contributed by atoms with Gasteiger partial charge in [-0.3, -0.25) is 0 Å². The zero-order valence-corrected chi connectivity index (χ0v) is 13.1. The largest absolute Gasteiger partial charge is 0.378 e. The standard InChI is InChI=1S/C18H24N2/c1-13-6-8-16(9-7-13)15(3)19-18-11-10-17(20(4)5)12-14(18)2/h6-12,15,19H,1-5H3. The third-order valence-corrected chi connectivity index (χ3v) is 3.68. The van der Waals surface area contributed by atoms with Gasteiger partial charge in [0.15, 0.2) is 0 Å². The molecule has 0 bridgehead atoms. The van der Waals surface area contributed by atoms with Gasteiger partial charge in [0.1, 0.15) is 0 Å². The predicted molar refractivity (Wildman–Crippen MR) is 88.7 cm³/mol. The van der Waals surface area contributed by atoms with Gasteiger partial charge in [-0.15, -0.1) is 0 Å². The summed E-state index contributed by atoms with van der Waals surface area (Å²) in [4.78, 5) is 2.13. The van der Waals surface area contributed by atoms with Gasteiger partial charge in [-0.2, -0.15) is 0 Å². The Bertz CT molecular complexity index is 570. The van der Waals surface area contributed by atoms with E-state index in [-0.39, 0.29) is 0 Å². The highest BCUT2D eigenvalue weighted by Gasteiger charge is 2.07. The van der Waals surface area contributed by atoms with E-state index in [1.54, 1.807) is 0 Å². The molecule has 0 aromatic heterocycles. The molecule has 0 radical (unpaired) electrons. The molecule has 0 amide bonds. The number of nitrogens with zero attached hydrogens (tertiary/aromatic N) is 1. The first-order valence-corrected chi connectivity index (χ1v) is 7.08. The van der Waals surface area contributed by atoms with Crippen LogP contribution in [0.3, 0.4) is 0 Å². The van der Waals surface area contributed by atoms with Gasteiger partial charge in [-0.1, -0.05) is 29.8 Å². The Morgan fingerprint density at radius 1 is 0.950 bits per heavy atom. The molecule has 0 saturated heterocycles. The lowest BCUT2D eigenvalue weighted by Gasteiger charge is -2.20. The van der Waals surface area contributed by atoms with E-state index in [1.807, 2.05) is 0 Å². The molecule has 0 aliphatic heterocycles. The molecule has 0 heterocycles. The van der Waals surface area contributed by atoms with Crippen LogP contribution in [0.15, 0.2) is 42.5 Å². The topological polar surface area (TPSA) is 15.3 Å². The smallest absolute Gasteiger partial charge is 0.0485 e. The zero-order chi connectivity index (χ0) is 14.7. The average molecular weight is 268 g/mol. The number of nitrogens with one attached hydrogen (secondary N) is 1. The van der Waals surface area contributed by atoms with Gasteiger partial charge in [-0.25, -0.2) is 0 Å². The fourth-order valence-corrected chi connectivity index (χ4v) is 2.26. The van der Waals surface area contributed by atoms with Crippen molar-refractivity contribution in [3.63, 3.8) is 0 Å². The zero-order valence-electron chi connectivity index (χ0n) is 13.1. The Kier molecular flexibility index (Phi) is 4.33. The molecule has 2 aromatic rings. The van der Waals surface area contributed by atoms with Crippen molar-refractivity contribution in [3.05, 3.63) is 59.2 Å². The molecule has 2 heteroatoms. The van der Waals surface area contributed by atoms with E-state index in [2.05, 4.69) is 87.5 Å². The maximum atomic E-state index is 3.59. The second-order valence-corrected chi connectivity index (χ2v) is 5.67. The average Bonchev–Trinajstić information content (AvgIpc) is 2.41. The lowest BCUT2D eigenvalue weighted by atomic mass is 10.1. The van der Waals surface area contributed by atoms with E-state index in [1.165, 1.54) is 28.1 Å². The highest BCUT2D eigenvalue weighted by molar-refractivity contribution is 5.60. The van der Waals surface area contributed by atoms with Gasteiger partial charge >= 0.3 is 0 Å². The maximum absolute atomic E-state index is 3.59. The Labute approximate surface area is 122 Å². The highest BCUT2D eigenvalue weighted by Crippen LogP contribution is 2.25. The van der Waals surface area contributed by atoms with E-state index in [4.69, 9.17) is 0 Å². The summed E-state index contributed by atoms with van der Waals surface area (Å²) in [7, 11) is 4.13. The number of anilines is 2. The molecule has 1 atom stereocenters. The second-order valence-electron chi connectivity index (χ2n) is 5.67. The van der Waals surface area contributed by atoms with Gasteiger partial charge in [0.05, 0.1) is 0 Å². The number of aryl methyl sites for hydroxylation is 2.